The summed E-state index contributed by atoms with van der Waals surface area (Å²) in [6, 6.07) is 0. The van der Waals surface area contributed by atoms with Crippen LogP contribution in [0.25, 0.3) is 0 Å². The number of esters is 1. The average Bonchev–Trinajstić information content (AvgIpc) is 2.04. The summed E-state index contributed by atoms with van der Waals surface area (Å²) in [5.41, 5.74) is -0.631. The van der Waals surface area contributed by atoms with E-state index in [0.29, 0.717) is 6.42 Å². The first-order chi connectivity index (χ1) is 5.44. The lowest BCUT2D eigenvalue weighted by atomic mass is 9.91. The van der Waals surface area contributed by atoms with Gasteiger partial charge in [0.2, 0.25) is 0 Å². The van der Waals surface area contributed by atoms with E-state index < -0.39 is 17.5 Å². The number of rotatable bonds is 2. The topological polar surface area (TPSA) is 52.6 Å². The van der Waals surface area contributed by atoms with Crippen LogP contribution >= 0.6 is 0 Å². The highest BCUT2D eigenvalue weighted by Gasteiger charge is 2.29. The fourth-order valence-electron chi connectivity index (χ4n) is 0.400. The molecular weight excluding hydrogens is 160 g/mol. The smallest absolute Gasteiger partial charge is 0.437 e. The zero-order chi connectivity index (χ0) is 9.78. The summed E-state index contributed by atoms with van der Waals surface area (Å²) in [6.45, 7) is 5.26. The van der Waals surface area contributed by atoms with Crippen molar-refractivity contribution < 1.29 is 19.1 Å². The number of carbonyl (C=O) groups excluding carboxylic acids is 2. The van der Waals surface area contributed by atoms with Gasteiger partial charge in [0.15, 0.2) is 0 Å². The van der Waals surface area contributed by atoms with Crippen molar-refractivity contribution in [1.29, 1.82) is 0 Å². The van der Waals surface area contributed by atoms with Crippen molar-refractivity contribution in [3.8, 4) is 0 Å². The van der Waals surface area contributed by atoms with Crippen molar-refractivity contribution in [3.05, 3.63) is 0 Å². The highest BCUT2D eigenvalue weighted by atomic mass is 16.7. The number of ether oxygens (including phenoxy) is 2. The van der Waals surface area contributed by atoms with Crippen LogP contribution in [-0.4, -0.2) is 19.2 Å². The normalized spacial score (nSPS) is 10.7. The van der Waals surface area contributed by atoms with Gasteiger partial charge in [-0.05, 0) is 20.3 Å². The van der Waals surface area contributed by atoms with E-state index in [1.807, 2.05) is 6.92 Å². The van der Waals surface area contributed by atoms with Crippen molar-refractivity contribution in [1.82, 2.24) is 0 Å². The van der Waals surface area contributed by atoms with Crippen LogP contribution in [0.4, 0.5) is 4.79 Å². The Morgan fingerprint density at radius 3 is 2.17 bits per heavy atom. The second-order valence-corrected chi connectivity index (χ2v) is 3.08. The van der Waals surface area contributed by atoms with E-state index in [-0.39, 0.29) is 0 Å². The maximum absolute atomic E-state index is 11.1. The molecule has 4 heteroatoms. The van der Waals surface area contributed by atoms with Gasteiger partial charge in [-0.25, -0.2) is 4.79 Å². The van der Waals surface area contributed by atoms with Crippen LogP contribution in [0.15, 0.2) is 0 Å². The van der Waals surface area contributed by atoms with Gasteiger partial charge >= 0.3 is 12.1 Å². The fourth-order valence-corrected chi connectivity index (χ4v) is 0.400. The SMILES string of the molecule is CCC(C)(C)C(=O)OC(=O)OC. The van der Waals surface area contributed by atoms with Crippen molar-refractivity contribution in [2.45, 2.75) is 27.2 Å². The summed E-state index contributed by atoms with van der Waals surface area (Å²) >= 11 is 0. The zero-order valence-electron chi connectivity index (χ0n) is 7.84. The third kappa shape index (κ3) is 2.90. The van der Waals surface area contributed by atoms with Crippen molar-refractivity contribution in [2.24, 2.45) is 5.41 Å². The molecule has 0 bridgehead atoms. The monoisotopic (exact) mass is 174 g/mol. The molecule has 0 aliphatic rings. The van der Waals surface area contributed by atoms with Gasteiger partial charge in [0.25, 0.3) is 0 Å². The lowest BCUT2D eigenvalue weighted by Gasteiger charge is -2.18. The molecule has 0 saturated heterocycles. The van der Waals surface area contributed by atoms with Gasteiger partial charge in [-0.15, -0.1) is 0 Å². The maximum atomic E-state index is 11.1. The summed E-state index contributed by atoms with van der Waals surface area (Å²) in [5.74, 6) is -0.558. The minimum absolute atomic E-state index is 0.558. The number of methoxy groups -OCH3 is 1. The molecule has 0 aliphatic carbocycles. The highest BCUT2D eigenvalue weighted by Crippen LogP contribution is 2.21. The predicted molar refractivity (Wildman–Crippen MR) is 42.6 cm³/mol. The molecule has 0 fully saturated rings. The molecule has 4 nitrogen and oxygen atoms in total. The first-order valence-corrected chi connectivity index (χ1v) is 3.74. The fraction of sp³-hybridized carbons (Fsp3) is 0.750. The van der Waals surface area contributed by atoms with Crippen LogP contribution in [0.2, 0.25) is 0 Å². The summed E-state index contributed by atoms with van der Waals surface area (Å²) < 4.78 is 8.53. The molecule has 0 heterocycles. The highest BCUT2D eigenvalue weighted by molar-refractivity contribution is 5.85. The molecule has 0 atom stereocenters. The quantitative estimate of drug-likeness (QED) is 0.472. The summed E-state index contributed by atoms with van der Waals surface area (Å²) in [7, 11) is 1.16. The molecule has 0 saturated carbocycles. The van der Waals surface area contributed by atoms with Crippen LogP contribution in [0.3, 0.4) is 0 Å². The van der Waals surface area contributed by atoms with Crippen LogP contribution in [0.1, 0.15) is 27.2 Å². The molecule has 0 aliphatic heterocycles. The van der Waals surface area contributed by atoms with Gasteiger partial charge in [-0.3, -0.25) is 4.79 Å². The first-order valence-electron chi connectivity index (χ1n) is 3.74. The Bertz CT molecular complexity index is 183. The molecule has 0 aromatic carbocycles. The molecule has 12 heavy (non-hydrogen) atoms. The minimum Gasteiger partial charge on any atom is -0.437 e. The largest absolute Gasteiger partial charge is 0.515 e. The van der Waals surface area contributed by atoms with Crippen LogP contribution < -0.4 is 0 Å². The Kier molecular flexibility index (Phi) is 3.73. The van der Waals surface area contributed by atoms with E-state index in [2.05, 4.69) is 9.47 Å². The van der Waals surface area contributed by atoms with Crippen molar-refractivity contribution in [3.63, 3.8) is 0 Å². The second kappa shape index (κ2) is 4.09. The third-order valence-electron chi connectivity index (χ3n) is 1.78. The molecule has 0 N–H and O–H groups in total. The van der Waals surface area contributed by atoms with E-state index in [0.717, 1.165) is 7.11 Å². The lowest BCUT2D eigenvalue weighted by Crippen LogP contribution is -2.28. The Morgan fingerprint density at radius 1 is 1.33 bits per heavy atom. The number of hydrogen-bond acceptors (Lipinski definition) is 4. The van der Waals surface area contributed by atoms with Gasteiger partial charge in [0.05, 0.1) is 12.5 Å². The van der Waals surface area contributed by atoms with Gasteiger partial charge in [-0.2, -0.15) is 0 Å². The predicted octanol–water partition coefficient (Wildman–Crippen LogP) is 1.73. The van der Waals surface area contributed by atoms with Gasteiger partial charge < -0.3 is 9.47 Å². The Labute approximate surface area is 71.8 Å². The summed E-state index contributed by atoms with van der Waals surface area (Å²) in [4.78, 5) is 21.7. The van der Waals surface area contributed by atoms with E-state index in [1.54, 1.807) is 13.8 Å². The zero-order valence-corrected chi connectivity index (χ0v) is 7.84. The van der Waals surface area contributed by atoms with Gasteiger partial charge in [0.1, 0.15) is 0 Å². The van der Waals surface area contributed by atoms with E-state index in [1.165, 1.54) is 0 Å². The maximum Gasteiger partial charge on any atom is 0.515 e. The molecule has 0 radical (unpaired) electrons. The number of hydrogen-bond donors (Lipinski definition) is 0. The molecule has 0 aromatic rings. The average molecular weight is 174 g/mol. The standard InChI is InChI=1S/C8H14O4/c1-5-8(2,3)6(9)12-7(10)11-4/h5H2,1-4H3. The minimum atomic E-state index is -0.957. The second-order valence-electron chi connectivity index (χ2n) is 3.08. The molecule has 0 unspecified atom stereocenters. The van der Waals surface area contributed by atoms with Crippen LogP contribution in [0, 0.1) is 5.41 Å². The number of carbonyl (C=O) groups is 2. The molecule has 70 valence electrons. The Balaban J connectivity index is 4.13. The lowest BCUT2D eigenvalue weighted by molar-refractivity contribution is -0.149. The third-order valence-corrected chi connectivity index (χ3v) is 1.78. The first kappa shape index (κ1) is 10.9. The summed E-state index contributed by atoms with van der Waals surface area (Å²) in [6.07, 6.45) is -0.343. The van der Waals surface area contributed by atoms with Crippen LogP contribution in [0.5, 0.6) is 0 Å². The molecule has 0 rings (SSSR count). The Hall–Kier alpha value is -1.06. The van der Waals surface area contributed by atoms with E-state index in [4.69, 9.17) is 0 Å². The Morgan fingerprint density at radius 2 is 1.83 bits per heavy atom. The van der Waals surface area contributed by atoms with Crippen molar-refractivity contribution in [2.75, 3.05) is 7.11 Å². The molecular formula is C8H14O4. The van der Waals surface area contributed by atoms with E-state index in [9.17, 15) is 9.59 Å². The van der Waals surface area contributed by atoms with Crippen molar-refractivity contribution >= 4 is 12.1 Å². The molecule has 0 spiro atoms. The summed E-state index contributed by atoms with van der Waals surface area (Å²) in [5, 5.41) is 0. The van der Waals surface area contributed by atoms with Crippen LogP contribution in [-0.2, 0) is 14.3 Å². The van der Waals surface area contributed by atoms with Gasteiger partial charge in [0, 0.05) is 0 Å². The van der Waals surface area contributed by atoms with Gasteiger partial charge in [-0.1, -0.05) is 6.92 Å². The van der Waals surface area contributed by atoms with E-state index >= 15 is 0 Å². The molecule has 0 aromatic heterocycles. The molecule has 0 amide bonds.